The van der Waals surface area contributed by atoms with Crippen LogP contribution in [0.1, 0.15) is 13.8 Å². The maximum atomic E-state index is 11.0. The third kappa shape index (κ3) is 6.17. The molecule has 0 aromatic rings. The molecule has 0 heterocycles. The van der Waals surface area contributed by atoms with Crippen LogP contribution in [0.2, 0.25) is 0 Å². The van der Waals surface area contributed by atoms with E-state index in [0.29, 0.717) is 0 Å². The normalized spacial score (nSPS) is 12.1. The Morgan fingerprint density at radius 1 is 1.57 bits per heavy atom. The van der Waals surface area contributed by atoms with E-state index < -0.39 is 17.4 Å². The summed E-state index contributed by atoms with van der Waals surface area (Å²) in [5, 5.41) is 20.6. The van der Waals surface area contributed by atoms with Crippen LogP contribution in [0, 0.1) is 56.6 Å². The Morgan fingerprint density at radius 3 is 2.29 bits per heavy atom. The van der Waals surface area contributed by atoms with Crippen molar-refractivity contribution in [2.24, 2.45) is 5.41 Å². The number of aliphatic hydroxyl groups excluding tert-OH is 2. The first-order chi connectivity index (χ1) is 5.45. The smallest absolute Gasteiger partial charge is 0.247 e. The number of hydrogen-bond acceptors (Lipinski definition) is 3. The average molecular weight is 364 g/mol. The van der Waals surface area contributed by atoms with Gasteiger partial charge in [0.1, 0.15) is 6.10 Å². The monoisotopic (exact) mass is 364 g/mol. The summed E-state index contributed by atoms with van der Waals surface area (Å²) in [6, 6.07) is 0. The van der Waals surface area contributed by atoms with Crippen molar-refractivity contribution in [1.82, 2.24) is 5.32 Å². The Kier molecular flexibility index (Phi) is 12.8. The van der Waals surface area contributed by atoms with Gasteiger partial charge in [0.15, 0.2) is 0 Å². The minimum absolute atomic E-state index is 0. The molecule has 1 amide bonds. The molecule has 1 radical (unpaired) electrons. The zero-order valence-electron chi connectivity index (χ0n) is 8.76. The van der Waals surface area contributed by atoms with Gasteiger partial charge < -0.3 is 29.9 Å². The molecule has 0 rings (SSSR count). The Hall–Kier alpha value is 0.624. The Labute approximate surface area is 115 Å². The van der Waals surface area contributed by atoms with Crippen molar-refractivity contribution in [2.75, 3.05) is 13.2 Å². The second-order valence-electron chi connectivity index (χ2n) is 3.34. The van der Waals surface area contributed by atoms with Gasteiger partial charge in [-0.25, -0.2) is 0 Å². The van der Waals surface area contributed by atoms with Gasteiger partial charge >= 0.3 is 0 Å². The van der Waals surface area contributed by atoms with E-state index in [1.165, 1.54) is 0 Å². The van der Waals surface area contributed by atoms with Gasteiger partial charge in [-0.2, -0.15) is 0 Å². The molecular formula is C9H19LuNO3-2. The number of hydrogen-bond donors (Lipinski definition) is 3. The number of carbonyl (C=O) groups is 1. The van der Waals surface area contributed by atoms with Gasteiger partial charge in [-0.05, 0) is 0 Å². The third-order valence-corrected chi connectivity index (χ3v) is 1.70. The van der Waals surface area contributed by atoms with E-state index >= 15 is 0 Å². The van der Waals surface area contributed by atoms with Crippen molar-refractivity contribution in [2.45, 2.75) is 20.0 Å². The second kappa shape index (κ2) is 8.89. The van der Waals surface area contributed by atoms with Gasteiger partial charge in [0.2, 0.25) is 5.91 Å². The molecule has 0 spiro atoms. The van der Waals surface area contributed by atoms with Crippen LogP contribution in [0.3, 0.4) is 0 Å². The first-order valence-electron chi connectivity index (χ1n) is 3.81. The summed E-state index contributed by atoms with van der Waals surface area (Å²) in [5.41, 5.74) is -0.806. The molecule has 3 N–H and O–H groups in total. The number of rotatable bonds is 4. The predicted octanol–water partition coefficient (Wildman–Crippen LogP) is -0.234. The fourth-order valence-electron chi connectivity index (χ4n) is 0.661. The van der Waals surface area contributed by atoms with Crippen molar-refractivity contribution >= 4 is 5.91 Å². The summed E-state index contributed by atoms with van der Waals surface area (Å²) in [6.45, 7) is 6.63. The molecular weight excluding hydrogens is 345 g/mol. The minimum Gasteiger partial charge on any atom is -0.396 e. The van der Waals surface area contributed by atoms with Crippen molar-refractivity contribution < 1.29 is 51.9 Å². The molecule has 1 unspecified atom stereocenters. The summed E-state index contributed by atoms with van der Waals surface area (Å²) in [7, 11) is 0. The van der Waals surface area contributed by atoms with Crippen LogP contribution in [0.5, 0.6) is 0 Å². The van der Waals surface area contributed by atoms with Crippen LogP contribution in [0.15, 0.2) is 0 Å². The van der Waals surface area contributed by atoms with Crippen LogP contribution in [0.25, 0.3) is 0 Å². The molecule has 14 heavy (non-hydrogen) atoms. The quantitative estimate of drug-likeness (QED) is 0.604. The van der Waals surface area contributed by atoms with E-state index in [9.17, 15) is 9.90 Å². The average Bonchev–Trinajstić information content (AvgIpc) is 2.03. The Balaban J connectivity index is -0.000000605. The molecule has 0 aliphatic heterocycles. The summed E-state index contributed by atoms with van der Waals surface area (Å²) >= 11 is 0. The van der Waals surface area contributed by atoms with E-state index in [0.717, 1.165) is 0 Å². The van der Waals surface area contributed by atoms with Crippen LogP contribution in [-0.4, -0.2) is 35.4 Å². The molecule has 1 atom stereocenters. The molecule has 0 aliphatic carbocycles. The summed E-state index contributed by atoms with van der Waals surface area (Å²) in [6.07, 6.45) is -1.19. The van der Waals surface area contributed by atoms with Crippen LogP contribution in [0.4, 0.5) is 0 Å². The molecule has 0 aromatic carbocycles. The van der Waals surface area contributed by atoms with Crippen LogP contribution in [-0.2, 0) is 4.79 Å². The molecule has 0 aliphatic rings. The molecule has 0 fully saturated rings. The van der Waals surface area contributed by atoms with Gasteiger partial charge in [-0.1, -0.05) is 13.8 Å². The van der Waals surface area contributed by atoms with Gasteiger partial charge in [0, 0.05) is 42.3 Å². The van der Waals surface area contributed by atoms with Crippen molar-refractivity contribution in [3.63, 3.8) is 0 Å². The van der Waals surface area contributed by atoms with Crippen molar-refractivity contribution in [3.05, 3.63) is 14.4 Å². The number of aliphatic hydroxyl groups is 2. The standard InChI is InChI=1S/C8H16NO3.CH3.Lu/c1-4-9-7(12)6(11)8(2,3)5-10;;/h6,10-11H,1,4-5H2,2-3H3,(H,9,12);1H3;/q2*-1;. The summed E-state index contributed by atoms with van der Waals surface area (Å²) < 4.78 is 0. The first kappa shape index (κ1) is 20.1. The topological polar surface area (TPSA) is 69.6 Å². The second-order valence-corrected chi connectivity index (χ2v) is 3.34. The molecule has 0 bridgehead atoms. The van der Waals surface area contributed by atoms with Crippen LogP contribution >= 0.6 is 0 Å². The molecule has 4 nitrogen and oxygen atoms in total. The third-order valence-electron chi connectivity index (χ3n) is 1.70. The largest absolute Gasteiger partial charge is 0.396 e. The van der Waals surface area contributed by atoms with Gasteiger partial charge in [0.05, 0.1) is 6.61 Å². The molecule has 95 valence electrons. The minimum atomic E-state index is -1.19. The van der Waals surface area contributed by atoms with E-state index in [1.807, 2.05) is 0 Å². The Morgan fingerprint density at radius 2 is 2.00 bits per heavy atom. The van der Waals surface area contributed by atoms with E-state index in [4.69, 9.17) is 5.11 Å². The summed E-state index contributed by atoms with van der Waals surface area (Å²) in [4.78, 5) is 11.0. The predicted molar refractivity (Wildman–Crippen MR) is 51.7 cm³/mol. The summed E-state index contributed by atoms with van der Waals surface area (Å²) in [5.74, 6) is -0.496. The van der Waals surface area contributed by atoms with Crippen molar-refractivity contribution in [3.8, 4) is 0 Å². The number of amides is 1. The fourth-order valence-corrected chi connectivity index (χ4v) is 0.661. The van der Waals surface area contributed by atoms with Gasteiger partial charge in [-0.3, -0.25) is 4.79 Å². The molecule has 0 saturated carbocycles. The SMILES string of the molecule is [CH2-]CNC(=O)C(O)C(C)(C)CO.[CH3-].[Lu]. The first-order valence-corrected chi connectivity index (χ1v) is 3.81. The van der Waals surface area contributed by atoms with E-state index in [-0.39, 0.29) is 57.5 Å². The van der Waals surface area contributed by atoms with Gasteiger partial charge in [-0.15, -0.1) is 6.54 Å². The maximum Gasteiger partial charge on any atom is 0.247 e. The van der Waals surface area contributed by atoms with E-state index in [1.54, 1.807) is 13.8 Å². The van der Waals surface area contributed by atoms with Crippen molar-refractivity contribution in [1.29, 1.82) is 0 Å². The maximum absolute atomic E-state index is 11.0. The fraction of sp³-hybridized carbons (Fsp3) is 0.667. The molecule has 0 aromatic heterocycles. The Bertz CT molecular complexity index is 162. The molecule has 0 saturated heterocycles. The zero-order chi connectivity index (χ0) is 9.78. The number of carbonyl (C=O) groups excluding carboxylic acids is 1. The van der Waals surface area contributed by atoms with Crippen LogP contribution < -0.4 is 5.32 Å². The number of nitrogens with one attached hydrogen (secondary N) is 1. The molecule has 5 heteroatoms. The van der Waals surface area contributed by atoms with Gasteiger partial charge in [0.25, 0.3) is 0 Å². The van der Waals surface area contributed by atoms with E-state index in [2.05, 4.69) is 12.2 Å². The zero-order valence-corrected chi connectivity index (χ0v) is 10.4.